The third-order valence-corrected chi connectivity index (χ3v) is 3.31. The van der Waals surface area contributed by atoms with Crippen LogP contribution in [0.25, 0.3) is 0 Å². The molecule has 96 valence electrons. The molecule has 17 heavy (non-hydrogen) atoms. The number of hydrogen-bond donors (Lipinski definition) is 1. The Hall–Kier alpha value is -1.02. The Morgan fingerprint density at radius 1 is 1.24 bits per heavy atom. The molecule has 2 heteroatoms. The topological polar surface area (TPSA) is 29.5 Å². The zero-order valence-corrected chi connectivity index (χ0v) is 11.4. The number of aliphatic hydroxyl groups excluding tert-OH is 1. The van der Waals surface area contributed by atoms with Crippen LogP contribution in [-0.2, 0) is 0 Å². The fraction of sp³-hybridized carbons (Fsp3) is 0.600. The van der Waals surface area contributed by atoms with Gasteiger partial charge in [0.25, 0.3) is 0 Å². The van der Waals surface area contributed by atoms with E-state index in [9.17, 15) is 5.11 Å². The third-order valence-electron chi connectivity index (χ3n) is 3.31. The first-order chi connectivity index (χ1) is 8.08. The summed E-state index contributed by atoms with van der Waals surface area (Å²) in [6.45, 7) is 8.97. The molecule has 0 unspecified atom stereocenters. The van der Waals surface area contributed by atoms with Crippen LogP contribution in [0.3, 0.4) is 0 Å². The van der Waals surface area contributed by atoms with Crippen molar-refractivity contribution in [1.29, 1.82) is 0 Å². The van der Waals surface area contributed by atoms with Crippen molar-refractivity contribution in [2.24, 2.45) is 5.92 Å². The van der Waals surface area contributed by atoms with Gasteiger partial charge in [-0.15, -0.1) is 0 Å². The molecule has 2 nitrogen and oxygen atoms in total. The van der Waals surface area contributed by atoms with Gasteiger partial charge in [0.1, 0.15) is 5.75 Å². The number of aryl methyl sites for hydroxylation is 1. The van der Waals surface area contributed by atoms with E-state index >= 15 is 0 Å². The summed E-state index contributed by atoms with van der Waals surface area (Å²) in [5.74, 6) is 1.56. The maximum atomic E-state index is 9.49. The monoisotopic (exact) mass is 236 g/mol. The summed E-state index contributed by atoms with van der Waals surface area (Å²) in [7, 11) is 0. The summed E-state index contributed by atoms with van der Waals surface area (Å²) in [4.78, 5) is 0. The average Bonchev–Trinajstić information content (AvgIpc) is 2.31. The van der Waals surface area contributed by atoms with Gasteiger partial charge in [0.2, 0.25) is 0 Å². The lowest BCUT2D eigenvalue weighted by Crippen LogP contribution is -2.10. The van der Waals surface area contributed by atoms with Gasteiger partial charge in [0.05, 0.1) is 12.7 Å². The average molecular weight is 236 g/mol. The zero-order valence-electron chi connectivity index (χ0n) is 11.4. The van der Waals surface area contributed by atoms with E-state index in [0.29, 0.717) is 5.92 Å². The Kier molecular flexibility index (Phi) is 5.49. The predicted molar refractivity (Wildman–Crippen MR) is 71.4 cm³/mol. The summed E-state index contributed by atoms with van der Waals surface area (Å²) in [5.41, 5.74) is 2.03. The highest BCUT2D eigenvalue weighted by Crippen LogP contribution is 2.23. The smallest absolute Gasteiger partial charge is 0.122 e. The Morgan fingerprint density at radius 3 is 2.35 bits per heavy atom. The van der Waals surface area contributed by atoms with Gasteiger partial charge in [-0.1, -0.05) is 32.8 Å². The van der Waals surface area contributed by atoms with Crippen molar-refractivity contribution in [3.63, 3.8) is 0 Å². The second-order valence-corrected chi connectivity index (χ2v) is 4.69. The molecule has 0 bridgehead atoms. The summed E-state index contributed by atoms with van der Waals surface area (Å²) in [6, 6.07) is 5.88. The first-order valence-corrected chi connectivity index (χ1v) is 6.49. The number of rotatable bonds is 6. The summed E-state index contributed by atoms with van der Waals surface area (Å²) >= 11 is 0. The molecule has 0 heterocycles. The van der Waals surface area contributed by atoms with Crippen LogP contribution in [0, 0.1) is 12.8 Å². The third kappa shape index (κ3) is 4.04. The van der Waals surface area contributed by atoms with Crippen LogP contribution in [0.1, 0.15) is 50.8 Å². The van der Waals surface area contributed by atoms with E-state index in [1.54, 1.807) is 6.92 Å². The highest BCUT2D eigenvalue weighted by atomic mass is 16.5. The number of ether oxygens (including phenoxy) is 1. The SMILES string of the molecule is CCC(CC)COc1ccc([C@@H](C)O)cc1C. The molecule has 1 atom stereocenters. The molecule has 0 aromatic heterocycles. The van der Waals surface area contributed by atoms with Crippen molar-refractivity contribution in [2.45, 2.75) is 46.6 Å². The van der Waals surface area contributed by atoms with E-state index in [4.69, 9.17) is 4.74 Å². The molecule has 0 aliphatic heterocycles. The quantitative estimate of drug-likeness (QED) is 0.812. The molecule has 0 saturated carbocycles. The standard InChI is InChI=1S/C15H24O2/c1-5-13(6-2)10-17-15-8-7-14(12(4)16)9-11(15)3/h7-9,12-13,16H,5-6,10H2,1-4H3/t12-/m1/s1. The van der Waals surface area contributed by atoms with Crippen LogP contribution in [0.2, 0.25) is 0 Å². The van der Waals surface area contributed by atoms with Crippen LogP contribution < -0.4 is 4.74 Å². The predicted octanol–water partition coefficient (Wildman–Crippen LogP) is 3.86. The molecule has 1 aromatic carbocycles. The summed E-state index contributed by atoms with van der Waals surface area (Å²) < 4.78 is 5.83. The molecule has 0 aliphatic rings. The van der Waals surface area contributed by atoms with Gasteiger partial charge >= 0.3 is 0 Å². The fourth-order valence-electron chi connectivity index (χ4n) is 1.83. The second-order valence-electron chi connectivity index (χ2n) is 4.69. The Labute approximate surface area is 105 Å². The fourth-order valence-corrected chi connectivity index (χ4v) is 1.83. The normalized spacial score (nSPS) is 12.8. The first-order valence-electron chi connectivity index (χ1n) is 6.49. The minimum absolute atomic E-state index is 0.415. The number of benzene rings is 1. The largest absolute Gasteiger partial charge is 0.493 e. The number of aliphatic hydroxyl groups is 1. The zero-order chi connectivity index (χ0) is 12.8. The lowest BCUT2D eigenvalue weighted by Gasteiger charge is -2.16. The Balaban J connectivity index is 2.66. The molecule has 0 spiro atoms. The van der Waals surface area contributed by atoms with Crippen LogP contribution in [-0.4, -0.2) is 11.7 Å². The first kappa shape index (κ1) is 14.0. The van der Waals surface area contributed by atoms with Gasteiger partial charge in [-0.25, -0.2) is 0 Å². The molecule has 0 radical (unpaired) electrons. The minimum Gasteiger partial charge on any atom is -0.493 e. The maximum absolute atomic E-state index is 9.49. The highest BCUT2D eigenvalue weighted by Gasteiger charge is 2.08. The van der Waals surface area contributed by atoms with Crippen LogP contribution in [0.5, 0.6) is 5.75 Å². The summed E-state index contributed by atoms with van der Waals surface area (Å²) in [6.07, 6.45) is 1.89. The van der Waals surface area contributed by atoms with Gasteiger partial charge in [-0.2, -0.15) is 0 Å². The molecule has 0 saturated heterocycles. The molecular weight excluding hydrogens is 212 g/mol. The van der Waals surface area contributed by atoms with Gasteiger partial charge < -0.3 is 9.84 Å². The number of hydrogen-bond acceptors (Lipinski definition) is 2. The van der Waals surface area contributed by atoms with Crippen molar-refractivity contribution in [2.75, 3.05) is 6.61 Å². The molecule has 1 rings (SSSR count). The van der Waals surface area contributed by atoms with Crippen LogP contribution >= 0.6 is 0 Å². The van der Waals surface area contributed by atoms with Crippen molar-refractivity contribution in [3.05, 3.63) is 29.3 Å². The van der Waals surface area contributed by atoms with E-state index in [1.807, 2.05) is 25.1 Å². The maximum Gasteiger partial charge on any atom is 0.122 e. The second kappa shape index (κ2) is 6.65. The molecule has 1 aromatic rings. The van der Waals surface area contributed by atoms with E-state index in [2.05, 4.69) is 13.8 Å². The molecular formula is C15H24O2. The van der Waals surface area contributed by atoms with Crippen molar-refractivity contribution < 1.29 is 9.84 Å². The van der Waals surface area contributed by atoms with Gasteiger partial charge in [-0.05, 0) is 43.0 Å². The van der Waals surface area contributed by atoms with E-state index < -0.39 is 6.10 Å². The van der Waals surface area contributed by atoms with Crippen LogP contribution in [0.15, 0.2) is 18.2 Å². The van der Waals surface area contributed by atoms with Crippen molar-refractivity contribution in [1.82, 2.24) is 0 Å². The molecule has 0 aliphatic carbocycles. The van der Waals surface area contributed by atoms with E-state index in [0.717, 1.165) is 36.3 Å². The van der Waals surface area contributed by atoms with Gasteiger partial charge in [0, 0.05) is 0 Å². The molecule has 0 amide bonds. The minimum atomic E-state index is -0.415. The van der Waals surface area contributed by atoms with Gasteiger partial charge in [-0.3, -0.25) is 0 Å². The van der Waals surface area contributed by atoms with E-state index in [-0.39, 0.29) is 0 Å². The molecule has 0 fully saturated rings. The lowest BCUT2D eigenvalue weighted by molar-refractivity contribution is 0.198. The van der Waals surface area contributed by atoms with E-state index in [1.165, 1.54) is 0 Å². The summed E-state index contributed by atoms with van der Waals surface area (Å²) in [5, 5.41) is 9.49. The van der Waals surface area contributed by atoms with Gasteiger partial charge in [0.15, 0.2) is 0 Å². The highest BCUT2D eigenvalue weighted by molar-refractivity contribution is 5.36. The molecule has 1 N–H and O–H groups in total. The lowest BCUT2D eigenvalue weighted by atomic mass is 10.0. The Bertz CT molecular complexity index is 341. The Morgan fingerprint density at radius 2 is 1.88 bits per heavy atom. The van der Waals surface area contributed by atoms with Crippen molar-refractivity contribution >= 4 is 0 Å². The van der Waals surface area contributed by atoms with Crippen molar-refractivity contribution in [3.8, 4) is 5.75 Å². The van der Waals surface area contributed by atoms with Crippen LogP contribution in [0.4, 0.5) is 0 Å².